The Labute approximate surface area is 131 Å². The molecule has 0 amide bonds. The van der Waals surface area contributed by atoms with Gasteiger partial charge in [-0.2, -0.15) is 16.4 Å². The van der Waals surface area contributed by atoms with Gasteiger partial charge < -0.3 is 10.4 Å². The molecule has 6 heteroatoms. The lowest BCUT2D eigenvalue weighted by molar-refractivity contribution is 0.175. The lowest BCUT2D eigenvalue weighted by Gasteiger charge is -2.10. The van der Waals surface area contributed by atoms with Crippen LogP contribution < -0.4 is 5.32 Å². The van der Waals surface area contributed by atoms with Crippen LogP contribution in [-0.4, -0.2) is 21.8 Å². The zero-order valence-corrected chi connectivity index (χ0v) is 12.6. The molecule has 2 heterocycles. The number of nitrogens with one attached hydrogen (secondary N) is 2. The van der Waals surface area contributed by atoms with Gasteiger partial charge in [-0.1, -0.05) is 0 Å². The van der Waals surface area contributed by atoms with E-state index >= 15 is 0 Å². The molecule has 3 N–H and O–H groups in total. The van der Waals surface area contributed by atoms with Gasteiger partial charge in [0.05, 0.1) is 18.0 Å². The van der Waals surface area contributed by atoms with E-state index in [4.69, 9.17) is 0 Å². The van der Waals surface area contributed by atoms with Crippen LogP contribution in [0.25, 0.3) is 11.3 Å². The van der Waals surface area contributed by atoms with Gasteiger partial charge in [-0.3, -0.25) is 5.10 Å². The fourth-order valence-corrected chi connectivity index (χ4v) is 2.94. The first kappa shape index (κ1) is 14.9. The molecule has 3 aromatic rings. The Kier molecular flexibility index (Phi) is 4.62. The minimum absolute atomic E-state index is 0.262. The number of aliphatic hydroxyl groups excluding tert-OH is 1. The number of thiophene rings is 1. The molecular weight excluding hydrogens is 301 g/mol. The molecule has 2 aromatic heterocycles. The van der Waals surface area contributed by atoms with Gasteiger partial charge in [0, 0.05) is 24.2 Å². The van der Waals surface area contributed by atoms with Crippen molar-refractivity contribution in [3.8, 4) is 11.3 Å². The van der Waals surface area contributed by atoms with Crippen LogP contribution >= 0.6 is 11.3 Å². The zero-order chi connectivity index (χ0) is 15.4. The van der Waals surface area contributed by atoms with Crippen LogP contribution in [0.1, 0.15) is 17.2 Å². The maximum atomic E-state index is 13.0. The number of hydrogen-bond donors (Lipinski definition) is 3. The highest BCUT2D eigenvalue weighted by Gasteiger charge is 2.10. The second kappa shape index (κ2) is 6.83. The number of aromatic amines is 1. The summed E-state index contributed by atoms with van der Waals surface area (Å²) in [7, 11) is 0. The molecule has 0 spiro atoms. The number of halogens is 1. The SMILES string of the molecule is OC(CNCc1cn[nH]c1-c1ccc(F)cc1)c1ccsc1. The largest absolute Gasteiger partial charge is 0.387 e. The van der Waals surface area contributed by atoms with E-state index in [0.717, 1.165) is 22.4 Å². The van der Waals surface area contributed by atoms with Crippen molar-refractivity contribution in [2.24, 2.45) is 0 Å². The summed E-state index contributed by atoms with van der Waals surface area (Å²) in [6, 6.07) is 8.19. The van der Waals surface area contributed by atoms with Gasteiger partial charge in [0.15, 0.2) is 0 Å². The third-order valence-electron chi connectivity index (χ3n) is 3.43. The van der Waals surface area contributed by atoms with Crippen LogP contribution in [0.2, 0.25) is 0 Å². The van der Waals surface area contributed by atoms with E-state index in [1.54, 1.807) is 29.7 Å². The third-order valence-corrected chi connectivity index (χ3v) is 4.13. The topological polar surface area (TPSA) is 60.9 Å². The van der Waals surface area contributed by atoms with Crippen molar-refractivity contribution in [3.63, 3.8) is 0 Å². The average Bonchev–Trinajstić information content (AvgIpc) is 3.19. The first-order valence-electron chi connectivity index (χ1n) is 6.93. The molecule has 114 valence electrons. The Morgan fingerprint density at radius 3 is 2.82 bits per heavy atom. The molecule has 1 atom stereocenters. The molecule has 0 radical (unpaired) electrons. The second-order valence-electron chi connectivity index (χ2n) is 4.98. The van der Waals surface area contributed by atoms with Crippen LogP contribution in [0.3, 0.4) is 0 Å². The number of aromatic nitrogens is 2. The Morgan fingerprint density at radius 2 is 2.09 bits per heavy atom. The van der Waals surface area contributed by atoms with Gasteiger partial charge in [-0.25, -0.2) is 4.39 Å². The minimum atomic E-state index is -0.521. The Balaban J connectivity index is 1.62. The van der Waals surface area contributed by atoms with Gasteiger partial charge in [0.25, 0.3) is 0 Å². The second-order valence-corrected chi connectivity index (χ2v) is 5.76. The highest BCUT2D eigenvalue weighted by atomic mass is 32.1. The molecule has 0 aliphatic carbocycles. The first-order valence-corrected chi connectivity index (χ1v) is 7.87. The number of H-pyrrole nitrogens is 1. The predicted molar refractivity (Wildman–Crippen MR) is 85.0 cm³/mol. The molecule has 0 aliphatic rings. The summed E-state index contributed by atoms with van der Waals surface area (Å²) in [5, 5.41) is 24.1. The minimum Gasteiger partial charge on any atom is -0.387 e. The summed E-state index contributed by atoms with van der Waals surface area (Å²) in [6.07, 6.45) is 1.22. The van der Waals surface area contributed by atoms with Crippen molar-refractivity contribution in [2.45, 2.75) is 12.6 Å². The number of nitrogens with zero attached hydrogens (tertiary/aromatic N) is 1. The maximum Gasteiger partial charge on any atom is 0.123 e. The number of rotatable bonds is 6. The van der Waals surface area contributed by atoms with E-state index in [1.807, 2.05) is 16.8 Å². The average molecular weight is 317 g/mol. The Hall–Kier alpha value is -2.02. The van der Waals surface area contributed by atoms with E-state index in [1.165, 1.54) is 12.1 Å². The van der Waals surface area contributed by atoms with Crippen LogP contribution in [0.5, 0.6) is 0 Å². The number of hydrogen-bond acceptors (Lipinski definition) is 4. The summed E-state index contributed by atoms with van der Waals surface area (Å²) in [6.45, 7) is 1.04. The molecule has 1 aromatic carbocycles. The summed E-state index contributed by atoms with van der Waals surface area (Å²) in [5.74, 6) is -0.262. The van der Waals surface area contributed by atoms with Crippen LogP contribution in [-0.2, 0) is 6.54 Å². The maximum absolute atomic E-state index is 13.0. The monoisotopic (exact) mass is 317 g/mol. The van der Waals surface area contributed by atoms with E-state index in [9.17, 15) is 9.50 Å². The summed E-state index contributed by atoms with van der Waals surface area (Å²) >= 11 is 1.57. The molecule has 0 saturated carbocycles. The van der Waals surface area contributed by atoms with Gasteiger partial charge in [0.1, 0.15) is 5.82 Å². The molecule has 22 heavy (non-hydrogen) atoms. The van der Waals surface area contributed by atoms with Crippen molar-refractivity contribution in [1.82, 2.24) is 15.5 Å². The van der Waals surface area contributed by atoms with Gasteiger partial charge in [-0.15, -0.1) is 0 Å². The quantitative estimate of drug-likeness (QED) is 0.655. The fraction of sp³-hybridized carbons (Fsp3) is 0.188. The van der Waals surface area contributed by atoms with Crippen molar-refractivity contribution in [3.05, 3.63) is 64.2 Å². The highest BCUT2D eigenvalue weighted by Crippen LogP contribution is 2.21. The van der Waals surface area contributed by atoms with E-state index in [2.05, 4.69) is 15.5 Å². The summed E-state index contributed by atoms with van der Waals surface area (Å²) in [4.78, 5) is 0. The molecule has 4 nitrogen and oxygen atoms in total. The van der Waals surface area contributed by atoms with Crippen molar-refractivity contribution >= 4 is 11.3 Å². The third kappa shape index (κ3) is 3.41. The van der Waals surface area contributed by atoms with Crippen molar-refractivity contribution in [1.29, 1.82) is 0 Å². The van der Waals surface area contributed by atoms with Gasteiger partial charge in [0.2, 0.25) is 0 Å². The molecule has 0 saturated heterocycles. The molecule has 1 unspecified atom stereocenters. The molecule has 0 bridgehead atoms. The lowest BCUT2D eigenvalue weighted by atomic mass is 10.1. The van der Waals surface area contributed by atoms with Crippen LogP contribution in [0.4, 0.5) is 4.39 Å². The fourth-order valence-electron chi connectivity index (χ4n) is 2.24. The van der Waals surface area contributed by atoms with Crippen molar-refractivity contribution < 1.29 is 9.50 Å². The summed E-state index contributed by atoms with van der Waals surface area (Å²) < 4.78 is 13.0. The first-order chi connectivity index (χ1) is 10.7. The molecule has 3 rings (SSSR count). The smallest absolute Gasteiger partial charge is 0.123 e. The van der Waals surface area contributed by atoms with E-state index in [0.29, 0.717) is 13.1 Å². The lowest BCUT2D eigenvalue weighted by Crippen LogP contribution is -2.20. The van der Waals surface area contributed by atoms with Gasteiger partial charge >= 0.3 is 0 Å². The van der Waals surface area contributed by atoms with E-state index in [-0.39, 0.29) is 5.82 Å². The Bertz CT molecular complexity index is 709. The molecule has 0 aliphatic heterocycles. The van der Waals surface area contributed by atoms with Crippen LogP contribution in [0, 0.1) is 5.82 Å². The number of aliphatic hydroxyl groups is 1. The molecule has 0 fully saturated rings. The van der Waals surface area contributed by atoms with Crippen molar-refractivity contribution in [2.75, 3.05) is 6.54 Å². The van der Waals surface area contributed by atoms with E-state index < -0.39 is 6.10 Å². The standard InChI is InChI=1S/C16H16FN3OS/c17-14-3-1-11(2-4-14)16-13(8-19-20-16)7-18-9-15(21)12-5-6-22-10-12/h1-6,8,10,15,18,21H,7,9H2,(H,19,20). The molecular formula is C16H16FN3OS. The Morgan fingerprint density at radius 1 is 1.27 bits per heavy atom. The van der Waals surface area contributed by atoms with Crippen LogP contribution in [0.15, 0.2) is 47.3 Å². The van der Waals surface area contributed by atoms with Gasteiger partial charge in [-0.05, 0) is 46.7 Å². The highest BCUT2D eigenvalue weighted by molar-refractivity contribution is 7.07. The normalized spacial score (nSPS) is 12.5. The predicted octanol–water partition coefficient (Wildman–Crippen LogP) is 3.10. The zero-order valence-electron chi connectivity index (χ0n) is 11.8. The number of benzene rings is 1. The summed E-state index contributed by atoms with van der Waals surface area (Å²) in [5.41, 5.74) is 3.64.